The minimum absolute atomic E-state index is 0.0788. The molecule has 0 spiro atoms. The number of benzene rings is 1. The van der Waals surface area contributed by atoms with Crippen molar-refractivity contribution in [2.75, 3.05) is 18.0 Å². The molecule has 21 heavy (non-hydrogen) atoms. The highest BCUT2D eigenvalue weighted by molar-refractivity contribution is 9.10. The van der Waals surface area contributed by atoms with E-state index in [1.54, 1.807) is 13.0 Å². The maximum Gasteiger partial charge on any atom is 0.262 e. The SMILES string of the molecule is Cc1cc(N2C(=O)C=C(F)N3CCCN=C32)c(F)cc1Br. The zero-order valence-electron chi connectivity index (χ0n) is 11.2. The average Bonchev–Trinajstić information content (AvgIpc) is 2.44. The second kappa shape index (κ2) is 5.22. The number of halogens is 3. The van der Waals surface area contributed by atoms with Crippen LogP contribution in [-0.2, 0) is 4.79 Å². The Morgan fingerprint density at radius 3 is 2.86 bits per heavy atom. The van der Waals surface area contributed by atoms with E-state index >= 15 is 0 Å². The Morgan fingerprint density at radius 1 is 1.33 bits per heavy atom. The lowest BCUT2D eigenvalue weighted by Crippen LogP contribution is -2.52. The molecule has 0 atom stereocenters. The number of carbonyl (C=O) groups is 1. The summed E-state index contributed by atoms with van der Waals surface area (Å²) in [7, 11) is 0. The highest BCUT2D eigenvalue weighted by atomic mass is 79.9. The number of rotatable bonds is 1. The van der Waals surface area contributed by atoms with E-state index in [1.165, 1.54) is 11.0 Å². The van der Waals surface area contributed by atoms with Crippen molar-refractivity contribution >= 4 is 33.5 Å². The molecule has 7 heteroatoms. The molecule has 2 aliphatic rings. The van der Waals surface area contributed by atoms with Gasteiger partial charge in [0, 0.05) is 17.6 Å². The third-order valence-corrected chi connectivity index (χ3v) is 4.28. The van der Waals surface area contributed by atoms with E-state index in [1.807, 2.05) is 0 Å². The number of hydrogen-bond donors (Lipinski definition) is 0. The van der Waals surface area contributed by atoms with E-state index in [0.717, 1.165) is 16.5 Å². The number of carbonyl (C=O) groups excluding carboxylic acids is 1. The van der Waals surface area contributed by atoms with Crippen molar-refractivity contribution in [3.8, 4) is 0 Å². The van der Waals surface area contributed by atoms with E-state index in [9.17, 15) is 13.6 Å². The molecule has 0 saturated carbocycles. The molecule has 3 rings (SSSR count). The fraction of sp³-hybridized carbons (Fsp3) is 0.286. The van der Waals surface area contributed by atoms with Crippen molar-refractivity contribution in [1.29, 1.82) is 0 Å². The van der Waals surface area contributed by atoms with Crippen LogP contribution in [0.5, 0.6) is 0 Å². The summed E-state index contributed by atoms with van der Waals surface area (Å²) in [4.78, 5) is 18.7. The summed E-state index contributed by atoms with van der Waals surface area (Å²) in [5.74, 6) is -1.70. The molecule has 0 unspecified atom stereocenters. The number of hydrogen-bond acceptors (Lipinski definition) is 3. The molecule has 0 bridgehead atoms. The highest BCUT2D eigenvalue weighted by Gasteiger charge is 2.35. The van der Waals surface area contributed by atoms with Crippen LogP contribution < -0.4 is 4.90 Å². The van der Waals surface area contributed by atoms with Crippen molar-refractivity contribution in [2.24, 2.45) is 4.99 Å². The number of aliphatic imine (C=N–C) groups is 1. The molecule has 2 aliphatic heterocycles. The van der Waals surface area contributed by atoms with Crippen molar-refractivity contribution < 1.29 is 13.6 Å². The predicted octanol–water partition coefficient (Wildman–Crippen LogP) is 3.12. The summed E-state index contributed by atoms with van der Waals surface area (Å²) < 4.78 is 28.7. The summed E-state index contributed by atoms with van der Waals surface area (Å²) in [5, 5.41) is 0. The van der Waals surface area contributed by atoms with Gasteiger partial charge < -0.3 is 0 Å². The molecule has 0 aliphatic carbocycles. The number of amides is 1. The van der Waals surface area contributed by atoms with Gasteiger partial charge in [0.25, 0.3) is 5.91 Å². The molecule has 1 amide bonds. The molecule has 0 saturated heterocycles. The molecule has 0 N–H and O–H groups in total. The van der Waals surface area contributed by atoms with Gasteiger partial charge in [-0.15, -0.1) is 0 Å². The van der Waals surface area contributed by atoms with Crippen LogP contribution in [0.25, 0.3) is 0 Å². The minimum Gasteiger partial charge on any atom is -0.288 e. The van der Waals surface area contributed by atoms with Gasteiger partial charge in [-0.3, -0.25) is 14.7 Å². The van der Waals surface area contributed by atoms with Gasteiger partial charge in [-0.25, -0.2) is 9.29 Å². The Hall–Kier alpha value is -1.76. The first kappa shape index (κ1) is 14.2. The molecule has 0 radical (unpaired) electrons. The molecule has 1 aromatic rings. The Balaban J connectivity index is 2.15. The van der Waals surface area contributed by atoms with Gasteiger partial charge in [0.1, 0.15) is 5.82 Å². The maximum absolute atomic E-state index is 14.2. The van der Waals surface area contributed by atoms with Crippen LogP contribution in [0, 0.1) is 12.7 Å². The highest BCUT2D eigenvalue weighted by Crippen LogP contribution is 2.31. The van der Waals surface area contributed by atoms with Crippen LogP contribution in [0.1, 0.15) is 12.0 Å². The molecule has 0 aromatic heterocycles. The van der Waals surface area contributed by atoms with Gasteiger partial charge >= 0.3 is 0 Å². The smallest absolute Gasteiger partial charge is 0.262 e. The zero-order valence-corrected chi connectivity index (χ0v) is 12.8. The lowest BCUT2D eigenvalue weighted by Gasteiger charge is -2.37. The fourth-order valence-corrected chi connectivity index (χ4v) is 2.69. The third kappa shape index (κ3) is 2.35. The van der Waals surface area contributed by atoms with Crippen LogP contribution in [-0.4, -0.2) is 29.9 Å². The van der Waals surface area contributed by atoms with Crippen molar-refractivity contribution in [1.82, 2.24) is 4.90 Å². The fourth-order valence-electron chi connectivity index (χ4n) is 2.37. The van der Waals surface area contributed by atoms with E-state index in [-0.39, 0.29) is 11.6 Å². The summed E-state index contributed by atoms with van der Waals surface area (Å²) >= 11 is 3.24. The summed E-state index contributed by atoms with van der Waals surface area (Å²) in [5.41, 5.74) is 0.854. The Morgan fingerprint density at radius 2 is 2.10 bits per heavy atom. The molecule has 0 fully saturated rings. The monoisotopic (exact) mass is 355 g/mol. The van der Waals surface area contributed by atoms with E-state index < -0.39 is 17.7 Å². The van der Waals surface area contributed by atoms with Gasteiger partial charge in [-0.1, -0.05) is 15.9 Å². The third-order valence-electron chi connectivity index (χ3n) is 3.42. The van der Waals surface area contributed by atoms with E-state index in [4.69, 9.17) is 0 Å². The number of anilines is 1. The topological polar surface area (TPSA) is 35.9 Å². The normalized spacial score (nSPS) is 18.4. The number of guanidine groups is 1. The molecular weight excluding hydrogens is 344 g/mol. The maximum atomic E-state index is 14.2. The van der Waals surface area contributed by atoms with Gasteiger partial charge in [0.05, 0.1) is 11.8 Å². The Kier molecular flexibility index (Phi) is 3.52. The zero-order chi connectivity index (χ0) is 15.1. The standard InChI is InChI=1S/C14H12BrF2N3O/c1-8-5-11(10(16)6-9(8)15)20-13(21)7-12(17)19-4-2-3-18-14(19)20/h5-7H,2-4H2,1H3. The van der Waals surface area contributed by atoms with Crippen molar-refractivity contribution in [3.63, 3.8) is 0 Å². The van der Waals surface area contributed by atoms with E-state index in [0.29, 0.717) is 24.0 Å². The second-order valence-electron chi connectivity index (χ2n) is 4.88. The van der Waals surface area contributed by atoms with Crippen LogP contribution in [0.2, 0.25) is 0 Å². The van der Waals surface area contributed by atoms with Gasteiger partial charge in [0.15, 0.2) is 0 Å². The van der Waals surface area contributed by atoms with Gasteiger partial charge in [-0.2, -0.15) is 4.39 Å². The number of aryl methyl sites for hydroxylation is 1. The molecule has 4 nitrogen and oxygen atoms in total. The number of fused-ring (bicyclic) bond motifs is 1. The first-order chi connectivity index (χ1) is 9.99. The molecule has 1 aromatic carbocycles. The van der Waals surface area contributed by atoms with Crippen LogP contribution in [0.4, 0.5) is 14.5 Å². The Bertz CT molecular complexity index is 687. The average molecular weight is 356 g/mol. The van der Waals surface area contributed by atoms with Crippen LogP contribution >= 0.6 is 15.9 Å². The largest absolute Gasteiger partial charge is 0.288 e. The van der Waals surface area contributed by atoms with Gasteiger partial charge in [0.2, 0.25) is 11.9 Å². The Labute approximate surface area is 128 Å². The molecular formula is C14H12BrF2N3O. The first-order valence-corrected chi connectivity index (χ1v) is 7.27. The quantitative estimate of drug-likeness (QED) is 0.725. The molecule has 2 heterocycles. The van der Waals surface area contributed by atoms with Crippen molar-refractivity contribution in [2.45, 2.75) is 13.3 Å². The second-order valence-corrected chi connectivity index (χ2v) is 5.73. The lowest BCUT2D eigenvalue weighted by atomic mass is 10.1. The summed E-state index contributed by atoms with van der Waals surface area (Å²) in [6.07, 6.45) is 1.55. The summed E-state index contributed by atoms with van der Waals surface area (Å²) in [6.45, 7) is 2.69. The summed E-state index contributed by atoms with van der Waals surface area (Å²) in [6, 6.07) is 2.84. The minimum atomic E-state index is -0.649. The van der Waals surface area contributed by atoms with Crippen LogP contribution in [0.3, 0.4) is 0 Å². The first-order valence-electron chi connectivity index (χ1n) is 6.48. The van der Waals surface area contributed by atoms with Crippen molar-refractivity contribution in [3.05, 3.63) is 40.0 Å². The number of nitrogens with zero attached hydrogens (tertiary/aromatic N) is 3. The van der Waals surface area contributed by atoms with Crippen LogP contribution in [0.15, 0.2) is 33.6 Å². The lowest BCUT2D eigenvalue weighted by molar-refractivity contribution is -0.114. The predicted molar refractivity (Wildman–Crippen MR) is 79.1 cm³/mol. The van der Waals surface area contributed by atoms with E-state index in [2.05, 4.69) is 20.9 Å². The molecule has 110 valence electrons. The van der Waals surface area contributed by atoms with Gasteiger partial charge in [-0.05, 0) is 31.0 Å².